The average Bonchev–Trinajstić information content (AvgIpc) is 2.94. The van der Waals surface area contributed by atoms with Gasteiger partial charge in [0.15, 0.2) is 0 Å². The molecule has 1 N–H and O–H groups in total. The number of carboxylic acid groups (broad SMARTS) is 1. The van der Waals surface area contributed by atoms with Crippen LogP contribution in [0.25, 0.3) is 0 Å². The number of thiophene rings is 1. The summed E-state index contributed by atoms with van der Waals surface area (Å²) < 4.78 is 10.7. The van der Waals surface area contributed by atoms with Crippen molar-refractivity contribution in [3.8, 4) is 0 Å². The van der Waals surface area contributed by atoms with E-state index in [2.05, 4.69) is 4.90 Å². The van der Waals surface area contributed by atoms with Gasteiger partial charge in [-0.3, -0.25) is 0 Å². The number of anilines is 1. The third kappa shape index (κ3) is 2.43. The molecule has 1 aromatic rings. The van der Waals surface area contributed by atoms with Crippen LogP contribution in [-0.2, 0) is 9.47 Å². The monoisotopic (exact) mass is 257 g/mol. The Morgan fingerprint density at radius 3 is 2.35 bits per heavy atom. The Balaban J connectivity index is 2.10. The third-order valence-electron chi connectivity index (χ3n) is 2.94. The summed E-state index contributed by atoms with van der Waals surface area (Å²) in [5, 5.41) is 9.83. The van der Waals surface area contributed by atoms with E-state index in [-0.39, 0.29) is 12.2 Å². The van der Waals surface area contributed by atoms with Crippen LogP contribution < -0.4 is 4.90 Å². The van der Waals surface area contributed by atoms with Crippen LogP contribution in [0.5, 0.6) is 0 Å². The molecule has 2 atom stereocenters. The van der Waals surface area contributed by atoms with Gasteiger partial charge in [0, 0.05) is 27.3 Å². The van der Waals surface area contributed by atoms with Crippen LogP contribution in [0.1, 0.15) is 9.67 Å². The van der Waals surface area contributed by atoms with Crippen LogP contribution in [0.4, 0.5) is 5.00 Å². The maximum absolute atomic E-state index is 10.8. The first-order chi connectivity index (χ1) is 8.15. The van der Waals surface area contributed by atoms with Crippen LogP contribution in [-0.4, -0.2) is 50.6 Å². The van der Waals surface area contributed by atoms with Crippen molar-refractivity contribution in [1.29, 1.82) is 0 Å². The molecule has 1 aromatic heterocycles. The molecule has 1 aliphatic heterocycles. The Bertz CT molecular complexity index is 394. The van der Waals surface area contributed by atoms with Gasteiger partial charge >= 0.3 is 5.97 Å². The topological polar surface area (TPSA) is 59.0 Å². The van der Waals surface area contributed by atoms with Crippen LogP contribution in [0.15, 0.2) is 12.1 Å². The van der Waals surface area contributed by atoms with Gasteiger partial charge in [-0.15, -0.1) is 11.3 Å². The highest BCUT2D eigenvalue weighted by molar-refractivity contribution is 7.17. The van der Waals surface area contributed by atoms with Crippen molar-refractivity contribution < 1.29 is 19.4 Å². The average molecular weight is 257 g/mol. The van der Waals surface area contributed by atoms with E-state index in [1.807, 2.05) is 6.07 Å². The van der Waals surface area contributed by atoms with E-state index in [9.17, 15) is 4.79 Å². The quantitative estimate of drug-likeness (QED) is 0.881. The summed E-state index contributed by atoms with van der Waals surface area (Å²) in [7, 11) is 3.33. The van der Waals surface area contributed by atoms with Crippen molar-refractivity contribution in [3.63, 3.8) is 0 Å². The number of hydrogen-bond donors (Lipinski definition) is 1. The number of aromatic carboxylic acids is 1. The van der Waals surface area contributed by atoms with Crippen molar-refractivity contribution >= 4 is 22.3 Å². The van der Waals surface area contributed by atoms with Crippen molar-refractivity contribution in [2.45, 2.75) is 12.2 Å². The fourth-order valence-electron chi connectivity index (χ4n) is 1.99. The van der Waals surface area contributed by atoms with Crippen molar-refractivity contribution in [2.24, 2.45) is 0 Å². The third-order valence-corrected chi connectivity index (χ3v) is 4.07. The predicted molar refractivity (Wildman–Crippen MR) is 65.1 cm³/mol. The molecule has 0 saturated carbocycles. The zero-order valence-corrected chi connectivity index (χ0v) is 10.6. The second-order valence-electron chi connectivity index (χ2n) is 3.90. The Morgan fingerprint density at radius 2 is 1.94 bits per heavy atom. The van der Waals surface area contributed by atoms with Gasteiger partial charge in [0.1, 0.15) is 17.1 Å². The Hall–Kier alpha value is -1.11. The van der Waals surface area contributed by atoms with Gasteiger partial charge in [0.05, 0.1) is 5.00 Å². The molecule has 2 rings (SSSR count). The van der Waals surface area contributed by atoms with Crippen molar-refractivity contribution in [3.05, 3.63) is 17.0 Å². The summed E-state index contributed by atoms with van der Waals surface area (Å²) in [6.45, 7) is 1.46. The molecule has 1 aliphatic rings. The summed E-state index contributed by atoms with van der Waals surface area (Å²) >= 11 is 1.28. The molecule has 2 heterocycles. The standard InChI is InChI=1S/C11H15NO4S/c1-15-7-5-12(6-8(7)16-2)10-4-3-9(17-10)11(13)14/h3-4,7-8H,5-6H2,1-2H3,(H,13,14). The predicted octanol–water partition coefficient (Wildman–Crippen LogP) is 1.30. The van der Waals surface area contributed by atoms with E-state index in [0.717, 1.165) is 18.1 Å². The van der Waals surface area contributed by atoms with Crippen molar-refractivity contribution in [2.75, 3.05) is 32.2 Å². The molecule has 5 nitrogen and oxygen atoms in total. The highest BCUT2D eigenvalue weighted by Crippen LogP contribution is 2.30. The van der Waals surface area contributed by atoms with Gasteiger partial charge in [-0.2, -0.15) is 0 Å². The van der Waals surface area contributed by atoms with Crippen LogP contribution in [0, 0.1) is 0 Å². The number of carboxylic acids is 1. The van der Waals surface area contributed by atoms with E-state index < -0.39 is 5.97 Å². The molecule has 0 aliphatic carbocycles. The molecule has 0 radical (unpaired) electrons. The number of methoxy groups -OCH3 is 2. The molecule has 0 spiro atoms. The highest BCUT2D eigenvalue weighted by Gasteiger charge is 2.33. The van der Waals surface area contributed by atoms with Gasteiger partial charge in [-0.05, 0) is 12.1 Å². The smallest absolute Gasteiger partial charge is 0.345 e. The fourth-order valence-corrected chi connectivity index (χ4v) is 2.85. The Kier molecular flexibility index (Phi) is 3.66. The van der Waals surface area contributed by atoms with E-state index in [0.29, 0.717) is 4.88 Å². The number of ether oxygens (including phenoxy) is 2. The minimum Gasteiger partial charge on any atom is -0.477 e. The maximum Gasteiger partial charge on any atom is 0.345 e. The highest BCUT2D eigenvalue weighted by atomic mass is 32.1. The summed E-state index contributed by atoms with van der Waals surface area (Å²) in [6, 6.07) is 3.46. The lowest BCUT2D eigenvalue weighted by molar-refractivity contribution is -0.00461. The van der Waals surface area contributed by atoms with E-state index in [1.54, 1.807) is 20.3 Å². The molecule has 0 bridgehead atoms. The number of carbonyl (C=O) groups is 1. The van der Waals surface area contributed by atoms with Crippen LogP contribution >= 0.6 is 11.3 Å². The van der Waals surface area contributed by atoms with Gasteiger partial charge in [0.25, 0.3) is 0 Å². The zero-order chi connectivity index (χ0) is 12.4. The van der Waals surface area contributed by atoms with Crippen LogP contribution in [0.2, 0.25) is 0 Å². The zero-order valence-electron chi connectivity index (χ0n) is 9.75. The Morgan fingerprint density at radius 1 is 1.35 bits per heavy atom. The summed E-state index contributed by atoms with van der Waals surface area (Å²) in [5.74, 6) is -0.882. The maximum atomic E-state index is 10.8. The molecule has 94 valence electrons. The molecule has 17 heavy (non-hydrogen) atoms. The molecule has 1 saturated heterocycles. The van der Waals surface area contributed by atoms with Gasteiger partial charge in [0.2, 0.25) is 0 Å². The summed E-state index contributed by atoms with van der Waals surface area (Å²) in [4.78, 5) is 13.3. The molecular formula is C11H15NO4S. The minimum absolute atomic E-state index is 0.0374. The molecule has 0 aromatic carbocycles. The van der Waals surface area contributed by atoms with E-state index in [4.69, 9.17) is 14.6 Å². The second-order valence-corrected chi connectivity index (χ2v) is 4.96. The summed E-state index contributed by atoms with van der Waals surface area (Å²) in [6.07, 6.45) is 0.0748. The molecule has 2 unspecified atom stereocenters. The first-order valence-corrected chi connectivity index (χ1v) is 6.11. The van der Waals surface area contributed by atoms with Crippen LogP contribution in [0.3, 0.4) is 0 Å². The lowest BCUT2D eigenvalue weighted by Crippen LogP contribution is -2.27. The minimum atomic E-state index is -0.882. The van der Waals surface area contributed by atoms with E-state index in [1.165, 1.54) is 11.3 Å². The SMILES string of the molecule is COC1CN(c2ccc(C(=O)O)s2)CC1OC. The van der Waals surface area contributed by atoms with Gasteiger partial charge in [-0.25, -0.2) is 4.79 Å². The molecular weight excluding hydrogens is 242 g/mol. The van der Waals surface area contributed by atoms with E-state index >= 15 is 0 Å². The number of rotatable bonds is 4. The normalized spacial score (nSPS) is 24.2. The lowest BCUT2D eigenvalue weighted by Gasteiger charge is -2.14. The molecule has 6 heteroatoms. The second kappa shape index (κ2) is 5.03. The first-order valence-electron chi connectivity index (χ1n) is 5.29. The largest absolute Gasteiger partial charge is 0.477 e. The fraction of sp³-hybridized carbons (Fsp3) is 0.545. The lowest BCUT2D eigenvalue weighted by atomic mass is 10.3. The molecule has 0 amide bonds. The van der Waals surface area contributed by atoms with Crippen molar-refractivity contribution in [1.82, 2.24) is 0 Å². The molecule has 1 fully saturated rings. The first kappa shape index (κ1) is 12.3. The number of nitrogens with zero attached hydrogens (tertiary/aromatic N) is 1. The van der Waals surface area contributed by atoms with Gasteiger partial charge < -0.3 is 19.5 Å². The van der Waals surface area contributed by atoms with Gasteiger partial charge in [-0.1, -0.05) is 0 Å². The summed E-state index contributed by atoms with van der Waals surface area (Å²) in [5.41, 5.74) is 0. The number of hydrogen-bond acceptors (Lipinski definition) is 5. The Labute approximate surface area is 104 Å².